The molecule has 96 valence electrons. The molecule has 1 atom stereocenters. The molecule has 1 aromatic carbocycles. The number of halogens is 2. The van der Waals surface area contributed by atoms with Crippen LogP contribution in [0.2, 0.25) is 0 Å². The quantitative estimate of drug-likeness (QED) is 0.851. The topological polar surface area (TPSA) is 42.7 Å². The molecule has 0 fully saturated rings. The highest BCUT2D eigenvalue weighted by Gasteiger charge is 2.19. The molecule has 4 nitrogen and oxygen atoms in total. The van der Waals surface area contributed by atoms with E-state index in [0.29, 0.717) is 0 Å². The lowest BCUT2D eigenvalue weighted by Crippen LogP contribution is -2.25. The summed E-state index contributed by atoms with van der Waals surface area (Å²) in [4.78, 5) is 0. The van der Waals surface area contributed by atoms with Gasteiger partial charge in [-0.05, 0) is 46.8 Å². The van der Waals surface area contributed by atoms with Gasteiger partial charge in [-0.3, -0.25) is 4.68 Å². The summed E-state index contributed by atoms with van der Waals surface area (Å²) in [6.07, 6.45) is 1.73. The van der Waals surface area contributed by atoms with Gasteiger partial charge in [0.05, 0.1) is 17.9 Å². The molecule has 1 unspecified atom stereocenters. The van der Waals surface area contributed by atoms with Gasteiger partial charge >= 0.3 is 0 Å². The number of nitrogens with zero attached hydrogens (tertiary/aromatic N) is 3. The van der Waals surface area contributed by atoms with Crippen LogP contribution < -0.4 is 5.32 Å². The Morgan fingerprint density at radius 1 is 1.50 bits per heavy atom. The number of nitrogens with one attached hydrogen (secondary N) is 1. The first-order chi connectivity index (χ1) is 8.63. The van der Waals surface area contributed by atoms with Crippen LogP contribution in [0.25, 0.3) is 0 Å². The van der Waals surface area contributed by atoms with Gasteiger partial charge in [0, 0.05) is 10.6 Å². The molecule has 0 saturated carbocycles. The van der Waals surface area contributed by atoms with Crippen molar-refractivity contribution < 1.29 is 4.39 Å². The normalized spacial score (nSPS) is 12.7. The summed E-state index contributed by atoms with van der Waals surface area (Å²) in [5.74, 6) is -0.221. The minimum atomic E-state index is -0.221. The zero-order valence-corrected chi connectivity index (χ0v) is 12.3. The van der Waals surface area contributed by atoms with E-state index in [-0.39, 0.29) is 11.9 Å². The Bertz CT molecular complexity index is 541. The summed E-state index contributed by atoms with van der Waals surface area (Å²) in [6.45, 7) is 2.84. The number of hydrogen-bond acceptors (Lipinski definition) is 3. The van der Waals surface area contributed by atoms with Crippen molar-refractivity contribution in [3.05, 3.63) is 45.0 Å². The minimum absolute atomic E-state index is 0.0255. The number of rotatable bonds is 4. The average molecular weight is 360 g/mol. The van der Waals surface area contributed by atoms with Crippen molar-refractivity contribution in [2.24, 2.45) is 7.05 Å². The van der Waals surface area contributed by atoms with Crippen LogP contribution in [-0.4, -0.2) is 21.5 Å². The van der Waals surface area contributed by atoms with Crippen molar-refractivity contribution >= 4 is 22.6 Å². The Labute approximate surface area is 119 Å². The lowest BCUT2D eigenvalue weighted by atomic mass is 10.0. The van der Waals surface area contributed by atoms with Crippen LogP contribution >= 0.6 is 22.6 Å². The molecule has 6 heteroatoms. The molecule has 0 aliphatic rings. The van der Waals surface area contributed by atoms with E-state index in [0.717, 1.165) is 21.4 Å². The van der Waals surface area contributed by atoms with Crippen LogP contribution in [0.5, 0.6) is 0 Å². The van der Waals surface area contributed by atoms with Gasteiger partial charge in [-0.15, -0.1) is 5.10 Å². The largest absolute Gasteiger partial charge is 0.305 e. The number of benzene rings is 1. The smallest absolute Gasteiger partial charge is 0.124 e. The maximum Gasteiger partial charge on any atom is 0.124 e. The third-order valence-electron chi connectivity index (χ3n) is 2.73. The van der Waals surface area contributed by atoms with E-state index in [2.05, 4.69) is 38.2 Å². The van der Waals surface area contributed by atoms with E-state index < -0.39 is 0 Å². The highest BCUT2D eigenvalue weighted by Crippen LogP contribution is 2.26. The van der Waals surface area contributed by atoms with Crippen LogP contribution in [0, 0.1) is 9.39 Å². The van der Waals surface area contributed by atoms with Crippen LogP contribution in [0.1, 0.15) is 24.2 Å². The average Bonchev–Trinajstić information content (AvgIpc) is 2.73. The lowest BCUT2D eigenvalue weighted by Gasteiger charge is -2.19. The van der Waals surface area contributed by atoms with Crippen LogP contribution in [0.4, 0.5) is 4.39 Å². The van der Waals surface area contributed by atoms with Crippen LogP contribution in [-0.2, 0) is 7.05 Å². The summed E-state index contributed by atoms with van der Waals surface area (Å²) in [5.41, 5.74) is 1.99. The third-order valence-corrected chi connectivity index (χ3v) is 3.66. The van der Waals surface area contributed by atoms with Gasteiger partial charge in [0.15, 0.2) is 0 Å². The third kappa shape index (κ3) is 2.69. The number of hydrogen-bond donors (Lipinski definition) is 1. The molecule has 0 saturated heterocycles. The SMILES string of the molecule is CCNC(c1ccc(F)cc1I)c1cnnn1C. The van der Waals surface area contributed by atoms with E-state index in [9.17, 15) is 4.39 Å². The lowest BCUT2D eigenvalue weighted by molar-refractivity contribution is 0.563. The Morgan fingerprint density at radius 3 is 2.83 bits per heavy atom. The van der Waals surface area contributed by atoms with Crippen molar-refractivity contribution in [1.82, 2.24) is 20.3 Å². The van der Waals surface area contributed by atoms with Gasteiger partial charge < -0.3 is 5.32 Å². The van der Waals surface area contributed by atoms with Crippen molar-refractivity contribution in [2.75, 3.05) is 6.54 Å². The van der Waals surface area contributed by atoms with Crippen LogP contribution in [0.15, 0.2) is 24.4 Å². The first kappa shape index (κ1) is 13.4. The van der Waals surface area contributed by atoms with E-state index in [1.54, 1.807) is 16.9 Å². The van der Waals surface area contributed by atoms with E-state index in [1.807, 2.05) is 14.0 Å². The first-order valence-electron chi connectivity index (χ1n) is 5.66. The fourth-order valence-corrected chi connectivity index (χ4v) is 2.66. The molecule has 1 aromatic heterocycles. The Morgan fingerprint density at radius 2 is 2.28 bits per heavy atom. The number of aromatic nitrogens is 3. The minimum Gasteiger partial charge on any atom is -0.305 e. The molecule has 0 aliphatic heterocycles. The fraction of sp³-hybridized carbons (Fsp3) is 0.333. The van der Waals surface area contributed by atoms with E-state index in [4.69, 9.17) is 0 Å². The zero-order chi connectivity index (χ0) is 13.1. The van der Waals surface area contributed by atoms with E-state index in [1.165, 1.54) is 12.1 Å². The summed E-state index contributed by atoms with van der Waals surface area (Å²) >= 11 is 2.15. The van der Waals surface area contributed by atoms with Crippen LogP contribution in [0.3, 0.4) is 0 Å². The van der Waals surface area contributed by atoms with Gasteiger partial charge in [-0.25, -0.2) is 4.39 Å². The summed E-state index contributed by atoms with van der Waals surface area (Å²) in [6, 6.07) is 4.79. The van der Waals surface area contributed by atoms with Gasteiger partial charge in [0.25, 0.3) is 0 Å². The molecule has 0 bridgehead atoms. The molecule has 2 rings (SSSR count). The summed E-state index contributed by atoms with van der Waals surface area (Å²) in [5, 5.41) is 11.2. The Hall–Kier alpha value is -1.02. The highest BCUT2D eigenvalue weighted by atomic mass is 127. The Balaban J connectivity index is 2.45. The second kappa shape index (κ2) is 5.75. The predicted molar refractivity (Wildman–Crippen MR) is 75.6 cm³/mol. The second-order valence-electron chi connectivity index (χ2n) is 3.94. The van der Waals surface area contributed by atoms with Crippen molar-refractivity contribution in [2.45, 2.75) is 13.0 Å². The Kier molecular flexibility index (Phi) is 4.28. The molecule has 0 aliphatic carbocycles. The molecule has 0 spiro atoms. The number of aryl methyl sites for hydroxylation is 1. The van der Waals surface area contributed by atoms with Crippen molar-refractivity contribution in [3.63, 3.8) is 0 Å². The van der Waals surface area contributed by atoms with Crippen molar-refractivity contribution in [1.29, 1.82) is 0 Å². The highest BCUT2D eigenvalue weighted by molar-refractivity contribution is 14.1. The second-order valence-corrected chi connectivity index (χ2v) is 5.10. The molecule has 0 amide bonds. The monoisotopic (exact) mass is 360 g/mol. The van der Waals surface area contributed by atoms with Gasteiger partial charge in [-0.2, -0.15) is 0 Å². The van der Waals surface area contributed by atoms with Gasteiger partial charge in [-0.1, -0.05) is 18.2 Å². The molecule has 1 heterocycles. The molecule has 2 aromatic rings. The molecule has 1 N–H and O–H groups in total. The molecule has 0 radical (unpaired) electrons. The molecular weight excluding hydrogens is 346 g/mol. The summed E-state index contributed by atoms with van der Waals surface area (Å²) < 4.78 is 15.8. The molecule has 18 heavy (non-hydrogen) atoms. The standard InChI is InChI=1S/C12H14FIN4/c1-3-15-12(11-7-16-17-18(11)2)9-5-4-8(13)6-10(9)14/h4-7,12,15H,3H2,1-2H3. The fourth-order valence-electron chi connectivity index (χ4n) is 1.87. The first-order valence-corrected chi connectivity index (χ1v) is 6.74. The van der Waals surface area contributed by atoms with E-state index >= 15 is 0 Å². The van der Waals surface area contributed by atoms with Gasteiger partial charge in [0.2, 0.25) is 0 Å². The molecular formula is C12H14FIN4. The predicted octanol–water partition coefficient (Wildman–Crippen LogP) is 2.26. The maximum absolute atomic E-state index is 13.2. The van der Waals surface area contributed by atoms with Gasteiger partial charge in [0.1, 0.15) is 5.82 Å². The summed E-state index contributed by atoms with van der Waals surface area (Å²) in [7, 11) is 1.85. The van der Waals surface area contributed by atoms with Crippen molar-refractivity contribution in [3.8, 4) is 0 Å². The maximum atomic E-state index is 13.2. The zero-order valence-electron chi connectivity index (χ0n) is 10.2.